The van der Waals surface area contributed by atoms with Crippen molar-refractivity contribution >= 4 is 9.84 Å². The zero-order valence-electron chi connectivity index (χ0n) is 11.6. The number of aliphatic hydroxyl groups is 3. The number of hydrogen-bond donors (Lipinski definition) is 4. The van der Waals surface area contributed by atoms with Gasteiger partial charge in [0.15, 0.2) is 9.84 Å². The fourth-order valence-electron chi connectivity index (χ4n) is 1.59. The van der Waals surface area contributed by atoms with Gasteiger partial charge in [-0.05, 0) is 24.6 Å². The van der Waals surface area contributed by atoms with Gasteiger partial charge in [-0.3, -0.25) is 0 Å². The van der Waals surface area contributed by atoms with Crippen LogP contribution in [0.5, 0.6) is 0 Å². The fourth-order valence-corrected chi connectivity index (χ4v) is 2.22. The standard InChI is InChI=1S/C13H21NO5S/c1-13(17,9-15)8-14-7-12(16)10-3-5-11(6-4-10)20(2,18)19/h3-6,12,14-17H,7-9H2,1-2H3. The SMILES string of the molecule is CC(O)(CO)CNCC(O)c1ccc(S(C)(=O)=O)cc1. The summed E-state index contributed by atoms with van der Waals surface area (Å²) < 4.78 is 22.6. The summed E-state index contributed by atoms with van der Waals surface area (Å²) in [5.74, 6) is 0. The Balaban J connectivity index is 2.58. The lowest BCUT2D eigenvalue weighted by Gasteiger charge is -2.22. The minimum Gasteiger partial charge on any atom is -0.393 e. The van der Waals surface area contributed by atoms with Crippen LogP contribution < -0.4 is 5.32 Å². The number of sulfone groups is 1. The number of hydrogen-bond acceptors (Lipinski definition) is 6. The van der Waals surface area contributed by atoms with E-state index in [2.05, 4.69) is 5.32 Å². The molecule has 0 saturated heterocycles. The minimum atomic E-state index is -3.24. The Bertz CT molecular complexity index is 524. The quantitative estimate of drug-likeness (QED) is 0.539. The Morgan fingerprint density at radius 2 is 1.85 bits per heavy atom. The predicted molar refractivity (Wildman–Crippen MR) is 75.1 cm³/mol. The summed E-state index contributed by atoms with van der Waals surface area (Å²) in [7, 11) is -3.24. The first-order valence-corrected chi connectivity index (χ1v) is 8.07. The smallest absolute Gasteiger partial charge is 0.175 e. The Hall–Kier alpha value is -0.990. The van der Waals surface area contributed by atoms with Crippen LogP contribution in [0.3, 0.4) is 0 Å². The van der Waals surface area contributed by atoms with E-state index in [0.717, 1.165) is 6.26 Å². The second kappa shape index (κ2) is 6.64. The molecule has 2 unspecified atom stereocenters. The maximum absolute atomic E-state index is 11.3. The molecule has 0 aromatic heterocycles. The molecule has 0 bridgehead atoms. The fraction of sp³-hybridized carbons (Fsp3) is 0.538. The summed E-state index contributed by atoms with van der Waals surface area (Å²) in [6.45, 7) is 1.43. The van der Waals surface area contributed by atoms with Gasteiger partial charge in [-0.15, -0.1) is 0 Å². The number of rotatable bonds is 7. The molecule has 0 aliphatic heterocycles. The Kier molecular flexibility index (Phi) is 5.67. The van der Waals surface area contributed by atoms with Crippen molar-refractivity contribution in [1.29, 1.82) is 0 Å². The molecule has 0 radical (unpaired) electrons. The number of benzene rings is 1. The highest BCUT2D eigenvalue weighted by Crippen LogP contribution is 2.16. The van der Waals surface area contributed by atoms with Gasteiger partial charge in [0.25, 0.3) is 0 Å². The molecule has 0 aliphatic carbocycles. The van der Waals surface area contributed by atoms with Crippen molar-refractivity contribution < 1.29 is 23.7 Å². The minimum absolute atomic E-state index is 0.141. The summed E-state index contributed by atoms with van der Waals surface area (Å²) in [6.07, 6.45) is 0.301. The molecule has 0 spiro atoms. The van der Waals surface area contributed by atoms with Gasteiger partial charge >= 0.3 is 0 Å². The Morgan fingerprint density at radius 3 is 2.30 bits per heavy atom. The van der Waals surface area contributed by atoms with E-state index in [1.165, 1.54) is 19.1 Å². The van der Waals surface area contributed by atoms with Crippen LogP contribution in [-0.2, 0) is 9.84 Å². The van der Waals surface area contributed by atoms with Crippen molar-refractivity contribution in [2.45, 2.75) is 23.5 Å². The monoisotopic (exact) mass is 303 g/mol. The highest BCUT2D eigenvalue weighted by atomic mass is 32.2. The van der Waals surface area contributed by atoms with Crippen LogP contribution >= 0.6 is 0 Å². The van der Waals surface area contributed by atoms with Crippen LogP contribution in [0.15, 0.2) is 29.2 Å². The molecule has 0 fully saturated rings. The van der Waals surface area contributed by atoms with Crippen LogP contribution in [0.2, 0.25) is 0 Å². The van der Waals surface area contributed by atoms with Crippen molar-refractivity contribution in [2.24, 2.45) is 0 Å². The molecule has 0 saturated carbocycles. The first-order chi connectivity index (χ1) is 9.15. The number of nitrogens with one attached hydrogen (secondary N) is 1. The Morgan fingerprint density at radius 1 is 1.30 bits per heavy atom. The second-order valence-electron chi connectivity index (χ2n) is 5.14. The molecular formula is C13H21NO5S. The van der Waals surface area contributed by atoms with Gasteiger partial charge in [0.1, 0.15) is 0 Å². The van der Waals surface area contributed by atoms with Crippen LogP contribution in [0, 0.1) is 0 Å². The van der Waals surface area contributed by atoms with Gasteiger partial charge in [-0.2, -0.15) is 0 Å². The topological polar surface area (TPSA) is 107 Å². The zero-order valence-corrected chi connectivity index (χ0v) is 12.4. The highest BCUT2D eigenvalue weighted by molar-refractivity contribution is 7.90. The largest absolute Gasteiger partial charge is 0.393 e. The van der Waals surface area contributed by atoms with E-state index in [1.807, 2.05) is 0 Å². The van der Waals surface area contributed by atoms with Gasteiger partial charge in [-0.25, -0.2) is 8.42 Å². The van der Waals surface area contributed by atoms with Crippen LogP contribution in [0.1, 0.15) is 18.6 Å². The van der Waals surface area contributed by atoms with Crippen molar-refractivity contribution in [2.75, 3.05) is 26.0 Å². The lowest BCUT2D eigenvalue weighted by molar-refractivity contribution is 0.000727. The average Bonchev–Trinajstić information content (AvgIpc) is 2.37. The van der Waals surface area contributed by atoms with Gasteiger partial charge < -0.3 is 20.6 Å². The van der Waals surface area contributed by atoms with Gasteiger partial charge in [0, 0.05) is 19.3 Å². The third-order valence-corrected chi connectivity index (χ3v) is 4.01. The Labute approximate surface area is 119 Å². The van der Waals surface area contributed by atoms with E-state index in [0.29, 0.717) is 5.56 Å². The summed E-state index contributed by atoms with van der Waals surface area (Å²) in [6, 6.07) is 5.98. The number of aliphatic hydroxyl groups excluding tert-OH is 2. The van der Waals surface area contributed by atoms with E-state index in [1.54, 1.807) is 12.1 Å². The normalized spacial score (nSPS) is 16.6. The lowest BCUT2D eigenvalue weighted by Crippen LogP contribution is -2.42. The van der Waals surface area contributed by atoms with Crippen molar-refractivity contribution in [3.05, 3.63) is 29.8 Å². The third kappa shape index (κ3) is 5.18. The molecule has 114 valence electrons. The molecule has 0 heterocycles. The summed E-state index contributed by atoms with van der Waals surface area (Å²) in [4.78, 5) is 0.199. The van der Waals surface area contributed by atoms with E-state index >= 15 is 0 Å². The van der Waals surface area contributed by atoms with Gasteiger partial charge in [-0.1, -0.05) is 12.1 Å². The van der Waals surface area contributed by atoms with Crippen LogP contribution in [0.25, 0.3) is 0 Å². The van der Waals surface area contributed by atoms with E-state index in [-0.39, 0.29) is 24.6 Å². The maximum Gasteiger partial charge on any atom is 0.175 e. The molecule has 4 N–H and O–H groups in total. The summed E-state index contributed by atoms with van der Waals surface area (Å²) >= 11 is 0. The van der Waals surface area contributed by atoms with E-state index in [4.69, 9.17) is 5.11 Å². The van der Waals surface area contributed by atoms with Crippen molar-refractivity contribution in [1.82, 2.24) is 5.32 Å². The van der Waals surface area contributed by atoms with E-state index < -0.39 is 21.5 Å². The average molecular weight is 303 g/mol. The highest BCUT2D eigenvalue weighted by Gasteiger charge is 2.19. The lowest BCUT2D eigenvalue weighted by atomic mass is 10.1. The maximum atomic E-state index is 11.3. The first kappa shape index (κ1) is 17.1. The molecule has 1 aromatic carbocycles. The molecule has 1 rings (SSSR count). The van der Waals surface area contributed by atoms with Crippen LogP contribution in [0.4, 0.5) is 0 Å². The van der Waals surface area contributed by atoms with E-state index in [9.17, 15) is 18.6 Å². The van der Waals surface area contributed by atoms with Crippen molar-refractivity contribution in [3.63, 3.8) is 0 Å². The molecule has 0 amide bonds. The molecular weight excluding hydrogens is 282 g/mol. The molecule has 1 aromatic rings. The van der Waals surface area contributed by atoms with Crippen LogP contribution in [-0.4, -0.2) is 55.3 Å². The van der Waals surface area contributed by atoms with Gasteiger partial charge in [0.2, 0.25) is 0 Å². The van der Waals surface area contributed by atoms with Crippen molar-refractivity contribution in [3.8, 4) is 0 Å². The predicted octanol–water partition coefficient (Wildman–Crippen LogP) is -0.544. The third-order valence-electron chi connectivity index (χ3n) is 2.88. The first-order valence-electron chi connectivity index (χ1n) is 6.18. The molecule has 6 nitrogen and oxygen atoms in total. The van der Waals surface area contributed by atoms with Gasteiger partial charge in [0.05, 0.1) is 23.2 Å². The molecule has 7 heteroatoms. The molecule has 20 heavy (non-hydrogen) atoms. The zero-order chi connectivity index (χ0) is 15.4. The summed E-state index contributed by atoms with van der Waals surface area (Å²) in [5.41, 5.74) is -0.659. The second-order valence-corrected chi connectivity index (χ2v) is 7.16. The molecule has 2 atom stereocenters. The summed E-state index contributed by atoms with van der Waals surface area (Å²) in [5, 5.41) is 31.2. The molecule has 0 aliphatic rings.